The number of aliphatic imine (C=N–C) groups is 1. The molecule has 0 radical (unpaired) electrons. The molecule has 140 valence electrons. The topological polar surface area (TPSA) is 102 Å². The first-order valence-corrected chi connectivity index (χ1v) is 8.13. The number of nitrogens with one attached hydrogen (secondary N) is 3. The Hall–Kier alpha value is -3.29. The SMILES string of the molecule is C=Nc1cc(F)c(C(C)C(=N)n2nc(C(C)=N)ccc2=N)c(F)c1/C=C\C. The first-order chi connectivity index (χ1) is 12.7. The Balaban J connectivity index is 2.63. The maximum absolute atomic E-state index is 15.0. The lowest BCUT2D eigenvalue weighted by molar-refractivity contribution is 0.549. The summed E-state index contributed by atoms with van der Waals surface area (Å²) in [7, 11) is 0. The van der Waals surface area contributed by atoms with Crippen LogP contribution in [0.25, 0.3) is 6.08 Å². The standard InChI is InChI=1S/C19H20F2N6/c1-5-6-12-15(25-4)9-13(20)17(18(12)21)10(2)19(24)27-16(23)8-7-14(26-27)11(3)22/h5-10,22-24H,4H2,1-3H3/b6-5-,22-11?,23-16?,24-19?. The van der Waals surface area contributed by atoms with Crippen LogP contribution >= 0.6 is 0 Å². The minimum absolute atomic E-state index is 0.0685. The maximum Gasteiger partial charge on any atom is 0.148 e. The van der Waals surface area contributed by atoms with Crippen LogP contribution in [0.3, 0.4) is 0 Å². The van der Waals surface area contributed by atoms with Gasteiger partial charge in [0.05, 0.1) is 11.4 Å². The summed E-state index contributed by atoms with van der Waals surface area (Å²) in [5.74, 6) is -3.01. The normalized spacial score (nSPS) is 12.2. The van der Waals surface area contributed by atoms with Gasteiger partial charge in [0.1, 0.15) is 28.7 Å². The Bertz CT molecular complexity index is 1020. The number of aromatic nitrogens is 2. The molecule has 8 heteroatoms. The van der Waals surface area contributed by atoms with Crippen molar-refractivity contribution in [3.8, 4) is 0 Å². The summed E-state index contributed by atoms with van der Waals surface area (Å²) in [6, 6.07) is 3.93. The van der Waals surface area contributed by atoms with Crippen molar-refractivity contribution >= 4 is 30.0 Å². The van der Waals surface area contributed by atoms with Gasteiger partial charge in [-0.1, -0.05) is 19.1 Å². The Morgan fingerprint density at radius 2 is 2.00 bits per heavy atom. The number of nitrogens with zero attached hydrogens (tertiary/aromatic N) is 3. The van der Waals surface area contributed by atoms with Crippen LogP contribution in [-0.2, 0) is 0 Å². The summed E-state index contributed by atoms with van der Waals surface area (Å²) in [6.07, 6.45) is 3.05. The summed E-state index contributed by atoms with van der Waals surface area (Å²) in [5, 5.41) is 28.0. The van der Waals surface area contributed by atoms with Crippen LogP contribution in [0.5, 0.6) is 0 Å². The quantitative estimate of drug-likeness (QED) is 0.537. The molecule has 3 N–H and O–H groups in total. The van der Waals surface area contributed by atoms with Crippen molar-refractivity contribution in [1.29, 1.82) is 16.2 Å². The number of benzene rings is 1. The molecule has 1 heterocycles. The zero-order valence-electron chi connectivity index (χ0n) is 15.3. The highest BCUT2D eigenvalue weighted by atomic mass is 19.1. The zero-order chi connectivity index (χ0) is 20.3. The predicted octanol–water partition coefficient (Wildman–Crippen LogP) is 4.02. The van der Waals surface area contributed by atoms with Gasteiger partial charge in [-0.05, 0) is 32.7 Å². The van der Waals surface area contributed by atoms with Gasteiger partial charge >= 0.3 is 0 Å². The Labute approximate surface area is 155 Å². The lowest BCUT2D eigenvalue weighted by Gasteiger charge is -2.19. The van der Waals surface area contributed by atoms with E-state index in [1.54, 1.807) is 13.0 Å². The summed E-state index contributed by atoms with van der Waals surface area (Å²) in [6.45, 7) is 8.01. The second-order valence-electron chi connectivity index (χ2n) is 5.92. The van der Waals surface area contributed by atoms with E-state index in [1.807, 2.05) is 0 Å². The highest BCUT2D eigenvalue weighted by molar-refractivity contribution is 5.95. The van der Waals surface area contributed by atoms with Gasteiger partial charge in [-0.2, -0.15) is 5.10 Å². The van der Waals surface area contributed by atoms with Crippen LogP contribution < -0.4 is 5.49 Å². The van der Waals surface area contributed by atoms with E-state index in [0.717, 1.165) is 10.7 Å². The van der Waals surface area contributed by atoms with E-state index >= 15 is 4.39 Å². The number of halogens is 2. The fraction of sp³-hybridized carbons (Fsp3) is 0.211. The van der Waals surface area contributed by atoms with Crippen molar-refractivity contribution in [3.63, 3.8) is 0 Å². The average molecular weight is 370 g/mol. The molecule has 0 spiro atoms. The predicted molar refractivity (Wildman–Crippen MR) is 102 cm³/mol. The van der Waals surface area contributed by atoms with Crippen LogP contribution in [-0.4, -0.2) is 28.0 Å². The highest BCUT2D eigenvalue weighted by Gasteiger charge is 2.25. The fourth-order valence-corrected chi connectivity index (χ4v) is 2.62. The van der Waals surface area contributed by atoms with Gasteiger partial charge in [-0.15, -0.1) is 0 Å². The van der Waals surface area contributed by atoms with Crippen molar-refractivity contribution < 1.29 is 8.78 Å². The molecule has 1 aromatic carbocycles. The van der Waals surface area contributed by atoms with E-state index in [2.05, 4.69) is 16.8 Å². The van der Waals surface area contributed by atoms with Crippen LogP contribution in [0.4, 0.5) is 14.5 Å². The second-order valence-corrected chi connectivity index (χ2v) is 5.92. The molecular weight excluding hydrogens is 350 g/mol. The highest BCUT2D eigenvalue weighted by Crippen LogP contribution is 2.33. The third-order valence-electron chi connectivity index (χ3n) is 4.06. The summed E-state index contributed by atoms with van der Waals surface area (Å²) < 4.78 is 30.6. The van der Waals surface area contributed by atoms with Gasteiger partial charge in [-0.3, -0.25) is 15.8 Å². The van der Waals surface area contributed by atoms with E-state index in [0.29, 0.717) is 0 Å². The molecule has 0 saturated carbocycles. The van der Waals surface area contributed by atoms with Crippen molar-refractivity contribution in [2.75, 3.05) is 0 Å². The van der Waals surface area contributed by atoms with Gasteiger partial charge in [0.15, 0.2) is 0 Å². The molecule has 1 aromatic heterocycles. The number of hydrogen-bond donors (Lipinski definition) is 3. The Kier molecular flexibility index (Phi) is 5.89. The molecule has 1 unspecified atom stereocenters. The number of rotatable bonds is 5. The first-order valence-electron chi connectivity index (χ1n) is 8.13. The van der Waals surface area contributed by atoms with Crippen molar-refractivity contribution in [3.05, 3.63) is 58.2 Å². The third kappa shape index (κ3) is 3.79. The van der Waals surface area contributed by atoms with E-state index in [4.69, 9.17) is 16.2 Å². The fourth-order valence-electron chi connectivity index (χ4n) is 2.62. The minimum atomic E-state index is -1.03. The van der Waals surface area contributed by atoms with Crippen LogP contribution in [0.15, 0.2) is 29.3 Å². The molecule has 0 aliphatic carbocycles. The summed E-state index contributed by atoms with van der Waals surface area (Å²) in [4.78, 5) is 3.65. The lowest BCUT2D eigenvalue weighted by Crippen LogP contribution is -2.33. The molecule has 0 aliphatic heterocycles. The van der Waals surface area contributed by atoms with E-state index in [1.165, 1.54) is 32.1 Å². The molecule has 0 bridgehead atoms. The van der Waals surface area contributed by atoms with Crippen LogP contribution in [0.2, 0.25) is 0 Å². The van der Waals surface area contributed by atoms with Gasteiger partial charge in [0, 0.05) is 23.1 Å². The summed E-state index contributed by atoms with van der Waals surface area (Å²) >= 11 is 0. The monoisotopic (exact) mass is 370 g/mol. The van der Waals surface area contributed by atoms with Crippen molar-refractivity contribution in [2.24, 2.45) is 4.99 Å². The molecule has 2 rings (SSSR count). The van der Waals surface area contributed by atoms with Gasteiger partial charge in [-0.25, -0.2) is 13.5 Å². The zero-order valence-corrected chi connectivity index (χ0v) is 15.3. The maximum atomic E-state index is 15.0. The molecule has 1 atom stereocenters. The van der Waals surface area contributed by atoms with Gasteiger partial charge in [0.25, 0.3) is 0 Å². The second kappa shape index (κ2) is 7.94. The lowest BCUT2D eigenvalue weighted by atomic mass is 9.95. The first kappa shape index (κ1) is 20.0. The minimum Gasteiger partial charge on any atom is -0.303 e. The number of hydrogen-bond acceptors (Lipinski definition) is 5. The molecule has 0 fully saturated rings. The smallest absolute Gasteiger partial charge is 0.148 e. The van der Waals surface area contributed by atoms with Crippen LogP contribution in [0.1, 0.15) is 43.5 Å². The molecule has 0 aliphatic rings. The molecule has 0 amide bonds. The number of allylic oxidation sites excluding steroid dienone is 1. The average Bonchev–Trinajstić information content (AvgIpc) is 2.63. The van der Waals surface area contributed by atoms with Crippen molar-refractivity contribution in [1.82, 2.24) is 9.78 Å². The van der Waals surface area contributed by atoms with E-state index in [9.17, 15) is 4.39 Å². The summed E-state index contributed by atoms with van der Waals surface area (Å²) in [5.41, 5.74) is 0.126. The molecule has 6 nitrogen and oxygen atoms in total. The molecule has 0 saturated heterocycles. The van der Waals surface area contributed by atoms with E-state index < -0.39 is 17.6 Å². The molecular formula is C19H20F2N6. The third-order valence-corrected chi connectivity index (χ3v) is 4.06. The Morgan fingerprint density at radius 1 is 1.33 bits per heavy atom. The van der Waals surface area contributed by atoms with Gasteiger partial charge in [0.2, 0.25) is 0 Å². The largest absolute Gasteiger partial charge is 0.303 e. The van der Waals surface area contributed by atoms with Crippen molar-refractivity contribution in [2.45, 2.75) is 26.7 Å². The molecule has 2 aromatic rings. The molecule has 27 heavy (non-hydrogen) atoms. The Morgan fingerprint density at radius 3 is 2.56 bits per heavy atom. The van der Waals surface area contributed by atoms with Gasteiger partial charge < -0.3 is 5.41 Å². The van der Waals surface area contributed by atoms with E-state index in [-0.39, 0.29) is 39.5 Å². The van der Waals surface area contributed by atoms with Crippen LogP contribution in [0, 0.1) is 27.9 Å².